The Kier molecular flexibility index (Phi) is 3.54. The zero-order valence-corrected chi connectivity index (χ0v) is 10.2. The molecular weight excluding hydrogens is 236 g/mol. The molecule has 0 unspecified atom stereocenters. The van der Waals surface area contributed by atoms with Crippen LogP contribution in [0.25, 0.3) is 0 Å². The first-order valence-electron chi connectivity index (χ1n) is 5.15. The van der Waals surface area contributed by atoms with E-state index >= 15 is 0 Å². The minimum atomic E-state index is -0.958. The van der Waals surface area contributed by atoms with Crippen LogP contribution < -0.4 is 0 Å². The third-order valence-electron chi connectivity index (χ3n) is 2.30. The van der Waals surface area contributed by atoms with Crippen LogP contribution in [0.3, 0.4) is 0 Å². The first kappa shape index (κ1) is 11.8. The molecule has 0 spiro atoms. The highest BCUT2D eigenvalue weighted by molar-refractivity contribution is 7.98. The second kappa shape index (κ2) is 5.10. The van der Waals surface area contributed by atoms with Crippen molar-refractivity contribution in [1.82, 2.24) is 0 Å². The molecule has 0 aliphatic rings. The molecule has 0 bridgehead atoms. The van der Waals surface area contributed by atoms with Gasteiger partial charge in [0.25, 0.3) is 0 Å². The van der Waals surface area contributed by atoms with E-state index < -0.39 is 5.97 Å². The highest BCUT2D eigenvalue weighted by Gasteiger charge is 2.08. The number of rotatable bonds is 4. The molecule has 1 heterocycles. The Morgan fingerprint density at radius 1 is 1.35 bits per heavy atom. The molecule has 2 aromatic rings. The van der Waals surface area contributed by atoms with Crippen molar-refractivity contribution >= 4 is 17.7 Å². The summed E-state index contributed by atoms with van der Waals surface area (Å²) in [4.78, 5) is 11.8. The molecule has 0 amide bonds. The molecular formula is C13H12O3S. The summed E-state index contributed by atoms with van der Waals surface area (Å²) in [6.45, 7) is 2.04. The molecule has 0 saturated heterocycles. The second-order valence-electron chi connectivity index (χ2n) is 3.71. The molecule has 1 aromatic carbocycles. The summed E-state index contributed by atoms with van der Waals surface area (Å²) in [6, 6.07) is 9.74. The lowest BCUT2D eigenvalue weighted by Crippen LogP contribution is -1.91. The Morgan fingerprint density at radius 3 is 2.65 bits per heavy atom. The van der Waals surface area contributed by atoms with Crippen LogP contribution in [0.2, 0.25) is 0 Å². The van der Waals surface area contributed by atoms with Gasteiger partial charge in [-0.15, -0.1) is 11.8 Å². The van der Waals surface area contributed by atoms with Crippen molar-refractivity contribution in [3.05, 3.63) is 53.5 Å². The van der Waals surface area contributed by atoms with E-state index in [2.05, 4.69) is 0 Å². The number of carboxylic acid groups (broad SMARTS) is 1. The Hall–Kier alpha value is -1.68. The summed E-state index contributed by atoms with van der Waals surface area (Å²) in [5, 5.41) is 8.75. The number of aromatic carboxylic acids is 1. The lowest BCUT2D eigenvalue weighted by Gasteiger charge is -1.99. The minimum Gasteiger partial charge on any atom is -0.478 e. The van der Waals surface area contributed by atoms with Crippen molar-refractivity contribution in [1.29, 1.82) is 0 Å². The van der Waals surface area contributed by atoms with Gasteiger partial charge in [-0.2, -0.15) is 0 Å². The number of benzene rings is 1. The third kappa shape index (κ3) is 3.14. The van der Waals surface area contributed by atoms with Crippen molar-refractivity contribution in [2.45, 2.75) is 17.6 Å². The van der Waals surface area contributed by atoms with Crippen LogP contribution >= 0.6 is 11.8 Å². The van der Waals surface area contributed by atoms with E-state index in [1.165, 1.54) is 11.8 Å². The van der Waals surface area contributed by atoms with Crippen LogP contribution in [0, 0.1) is 6.92 Å². The maximum absolute atomic E-state index is 10.7. The number of aryl methyl sites for hydroxylation is 1. The smallest absolute Gasteiger partial charge is 0.338 e. The number of hydrogen-bond donors (Lipinski definition) is 1. The molecule has 3 nitrogen and oxygen atoms in total. The molecule has 1 N–H and O–H groups in total. The number of hydrogen-bond acceptors (Lipinski definition) is 3. The summed E-state index contributed by atoms with van der Waals surface area (Å²) >= 11 is 1.62. The van der Waals surface area contributed by atoms with Gasteiger partial charge in [-0.3, -0.25) is 0 Å². The maximum Gasteiger partial charge on any atom is 0.338 e. The lowest BCUT2D eigenvalue weighted by atomic mass is 10.2. The van der Waals surface area contributed by atoms with E-state index in [1.807, 2.05) is 31.2 Å². The van der Waals surface area contributed by atoms with Gasteiger partial charge in [-0.25, -0.2) is 4.79 Å². The van der Waals surface area contributed by atoms with Gasteiger partial charge in [0.15, 0.2) is 0 Å². The van der Waals surface area contributed by atoms with E-state index in [0.717, 1.165) is 4.90 Å². The van der Waals surface area contributed by atoms with Crippen LogP contribution in [0.1, 0.15) is 21.7 Å². The molecule has 88 valence electrons. The average molecular weight is 248 g/mol. The summed E-state index contributed by atoms with van der Waals surface area (Å²) in [5.74, 6) is 0.351. The molecule has 2 rings (SSSR count). The van der Waals surface area contributed by atoms with E-state index in [4.69, 9.17) is 9.52 Å². The first-order chi connectivity index (χ1) is 8.15. The fourth-order valence-corrected chi connectivity index (χ4v) is 2.15. The van der Waals surface area contributed by atoms with Gasteiger partial charge < -0.3 is 9.52 Å². The van der Waals surface area contributed by atoms with Gasteiger partial charge >= 0.3 is 5.97 Å². The fourth-order valence-electron chi connectivity index (χ4n) is 1.36. The highest BCUT2D eigenvalue weighted by Crippen LogP contribution is 2.24. The van der Waals surface area contributed by atoms with Crippen molar-refractivity contribution in [2.75, 3.05) is 0 Å². The molecule has 4 heteroatoms. The summed E-state index contributed by atoms with van der Waals surface area (Å²) in [5.41, 5.74) is 1.42. The van der Waals surface area contributed by atoms with Crippen molar-refractivity contribution in [3.63, 3.8) is 0 Å². The monoisotopic (exact) mass is 248 g/mol. The minimum absolute atomic E-state index is 0.199. The van der Waals surface area contributed by atoms with Gasteiger partial charge in [-0.05, 0) is 25.1 Å². The molecule has 1 aromatic heterocycles. The normalized spacial score (nSPS) is 10.4. The number of thioether (sulfide) groups is 1. The van der Waals surface area contributed by atoms with Crippen LogP contribution in [-0.2, 0) is 5.75 Å². The van der Waals surface area contributed by atoms with Crippen LogP contribution in [0.4, 0.5) is 0 Å². The Balaban J connectivity index is 1.97. The van der Waals surface area contributed by atoms with Gasteiger partial charge in [0.05, 0.1) is 11.3 Å². The fraction of sp³-hybridized carbons (Fsp3) is 0.154. The Bertz CT molecular complexity index is 514. The quantitative estimate of drug-likeness (QED) is 0.840. The predicted octanol–water partition coefficient (Wildman–Crippen LogP) is 3.58. The first-order valence-corrected chi connectivity index (χ1v) is 6.14. The third-order valence-corrected chi connectivity index (χ3v) is 3.34. The summed E-state index contributed by atoms with van der Waals surface area (Å²) in [6.07, 6.45) is 1.27. The Labute approximate surface area is 103 Å². The van der Waals surface area contributed by atoms with E-state index in [1.54, 1.807) is 17.8 Å². The summed E-state index contributed by atoms with van der Waals surface area (Å²) < 4.78 is 5.17. The molecule has 0 fully saturated rings. The summed E-state index contributed by atoms with van der Waals surface area (Å²) in [7, 11) is 0. The van der Waals surface area contributed by atoms with Crippen LogP contribution in [-0.4, -0.2) is 11.1 Å². The number of carboxylic acids is 1. The van der Waals surface area contributed by atoms with E-state index in [9.17, 15) is 4.79 Å². The van der Waals surface area contributed by atoms with E-state index in [-0.39, 0.29) is 5.56 Å². The van der Waals surface area contributed by atoms with Crippen LogP contribution in [0.5, 0.6) is 0 Å². The molecule has 0 aliphatic heterocycles. The molecule has 17 heavy (non-hydrogen) atoms. The molecule has 0 saturated carbocycles. The van der Waals surface area contributed by atoms with Gasteiger partial charge in [0.1, 0.15) is 12.0 Å². The highest BCUT2D eigenvalue weighted by atomic mass is 32.2. The topological polar surface area (TPSA) is 50.4 Å². The average Bonchev–Trinajstić information content (AvgIpc) is 2.77. The van der Waals surface area contributed by atoms with Crippen LogP contribution in [0.15, 0.2) is 45.9 Å². The van der Waals surface area contributed by atoms with Crippen molar-refractivity contribution in [3.8, 4) is 0 Å². The van der Waals surface area contributed by atoms with E-state index in [0.29, 0.717) is 11.5 Å². The van der Waals surface area contributed by atoms with Gasteiger partial charge in [0, 0.05) is 4.90 Å². The Morgan fingerprint density at radius 2 is 2.06 bits per heavy atom. The number of furan rings is 1. The zero-order valence-electron chi connectivity index (χ0n) is 9.34. The second-order valence-corrected chi connectivity index (χ2v) is 4.76. The maximum atomic E-state index is 10.7. The lowest BCUT2D eigenvalue weighted by molar-refractivity contribution is 0.0696. The molecule has 0 radical (unpaired) electrons. The SMILES string of the molecule is Cc1ccc(SCc2cc(C(=O)O)co2)cc1. The largest absolute Gasteiger partial charge is 0.478 e. The molecule has 0 atom stereocenters. The van der Waals surface area contributed by atoms with Crippen molar-refractivity contribution < 1.29 is 14.3 Å². The van der Waals surface area contributed by atoms with Gasteiger partial charge in [-0.1, -0.05) is 17.7 Å². The number of carbonyl (C=O) groups is 1. The van der Waals surface area contributed by atoms with Gasteiger partial charge in [0.2, 0.25) is 0 Å². The molecule has 0 aliphatic carbocycles. The standard InChI is InChI=1S/C13H12O3S/c1-9-2-4-12(5-3-9)17-8-11-6-10(7-16-11)13(14)15/h2-7H,8H2,1H3,(H,14,15). The predicted molar refractivity (Wildman–Crippen MR) is 66.4 cm³/mol. The zero-order chi connectivity index (χ0) is 12.3. The van der Waals surface area contributed by atoms with Crippen molar-refractivity contribution in [2.24, 2.45) is 0 Å².